The van der Waals surface area contributed by atoms with Crippen molar-refractivity contribution in [1.29, 1.82) is 5.26 Å². The Balaban J connectivity index is 1.23. The number of nitrogens with one attached hydrogen (secondary N) is 1. The summed E-state index contributed by atoms with van der Waals surface area (Å²) < 4.78 is 20.7. The zero-order valence-corrected chi connectivity index (χ0v) is 22.9. The van der Waals surface area contributed by atoms with E-state index < -0.39 is 23.8 Å². The van der Waals surface area contributed by atoms with Crippen LogP contribution in [0.3, 0.4) is 0 Å². The highest BCUT2D eigenvalue weighted by molar-refractivity contribution is 5.87. The number of hydrogen-bond acceptors (Lipinski definition) is 5. The number of halogens is 1. The van der Waals surface area contributed by atoms with Gasteiger partial charge in [0.1, 0.15) is 23.5 Å². The molecule has 1 saturated carbocycles. The summed E-state index contributed by atoms with van der Waals surface area (Å²) >= 11 is 0. The largest absolute Gasteiger partial charge is 0.444 e. The van der Waals surface area contributed by atoms with E-state index in [1.807, 2.05) is 6.07 Å². The van der Waals surface area contributed by atoms with E-state index in [9.17, 15) is 14.9 Å². The van der Waals surface area contributed by atoms with E-state index in [-0.39, 0.29) is 35.5 Å². The molecule has 3 fully saturated rings. The zero-order chi connectivity index (χ0) is 27.2. The van der Waals surface area contributed by atoms with E-state index in [1.165, 1.54) is 5.57 Å². The fraction of sp³-hybridized carbons (Fsp3) is 0.633. The number of amides is 2. The molecule has 1 aromatic rings. The molecule has 7 nitrogen and oxygen atoms in total. The predicted molar refractivity (Wildman–Crippen MR) is 142 cm³/mol. The summed E-state index contributed by atoms with van der Waals surface area (Å²) in [6.07, 6.45) is 7.63. The number of piperidine rings is 2. The lowest BCUT2D eigenvalue weighted by atomic mass is 9.64. The summed E-state index contributed by atoms with van der Waals surface area (Å²) in [7, 11) is 2.15. The lowest BCUT2D eigenvalue weighted by molar-refractivity contribution is -0.128. The number of allylic oxidation sites excluding steroid dienone is 2. The van der Waals surface area contributed by atoms with Crippen LogP contribution in [-0.4, -0.2) is 65.7 Å². The number of hydrogen-bond donors (Lipinski definition) is 1. The summed E-state index contributed by atoms with van der Waals surface area (Å²) in [5, 5.41) is 12.6. The Bertz CT molecular complexity index is 1170. The maximum atomic E-state index is 15.1. The Morgan fingerprint density at radius 2 is 1.97 bits per heavy atom. The van der Waals surface area contributed by atoms with Crippen molar-refractivity contribution in [3.63, 3.8) is 0 Å². The van der Waals surface area contributed by atoms with Crippen molar-refractivity contribution >= 4 is 17.6 Å². The first-order chi connectivity index (χ1) is 18.0. The zero-order valence-electron chi connectivity index (χ0n) is 22.9. The van der Waals surface area contributed by atoms with Gasteiger partial charge in [-0.05, 0) is 114 Å². The van der Waals surface area contributed by atoms with Crippen molar-refractivity contribution in [2.24, 2.45) is 11.3 Å². The molecule has 4 atom stereocenters. The molecular formula is C30H39FN4O3. The molecule has 1 aromatic carbocycles. The molecule has 2 aliphatic heterocycles. The van der Waals surface area contributed by atoms with Gasteiger partial charge in [0.2, 0.25) is 5.91 Å². The van der Waals surface area contributed by atoms with Crippen molar-refractivity contribution in [2.75, 3.05) is 20.1 Å². The van der Waals surface area contributed by atoms with E-state index in [1.54, 1.807) is 37.8 Å². The first-order valence-electron chi connectivity index (χ1n) is 13.9. The molecule has 1 N–H and O–H groups in total. The highest BCUT2D eigenvalue weighted by Gasteiger charge is 2.52. The van der Waals surface area contributed by atoms with Crippen LogP contribution >= 0.6 is 0 Å². The van der Waals surface area contributed by atoms with Crippen LogP contribution in [0.2, 0.25) is 0 Å². The molecule has 2 bridgehead atoms. The van der Waals surface area contributed by atoms with Crippen LogP contribution in [0, 0.1) is 28.5 Å². The normalized spacial score (nSPS) is 26.9. The maximum absolute atomic E-state index is 15.1. The van der Waals surface area contributed by atoms with Crippen LogP contribution in [0.1, 0.15) is 70.4 Å². The number of ether oxygens (including phenoxy) is 1. The third-order valence-corrected chi connectivity index (χ3v) is 8.78. The number of nitriles is 1. The third-order valence-electron chi connectivity index (χ3n) is 8.78. The van der Waals surface area contributed by atoms with Crippen LogP contribution in [0.4, 0.5) is 9.18 Å². The molecule has 8 heteroatoms. The number of likely N-dealkylation sites (tertiary alicyclic amines) is 2. The quantitative estimate of drug-likeness (QED) is 0.608. The van der Waals surface area contributed by atoms with Crippen molar-refractivity contribution < 1.29 is 18.7 Å². The van der Waals surface area contributed by atoms with E-state index >= 15 is 4.39 Å². The highest BCUT2D eigenvalue weighted by Crippen LogP contribution is 2.50. The fourth-order valence-electron chi connectivity index (χ4n) is 6.71. The topological polar surface area (TPSA) is 85.7 Å². The van der Waals surface area contributed by atoms with Crippen LogP contribution < -0.4 is 5.32 Å². The summed E-state index contributed by atoms with van der Waals surface area (Å²) in [5.41, 5.74) is 2.07. The van der Waals surface area contributed by atoms with Crippen LogP contribution in [0.25, 0.3) is 5.57 Å². The average Bonchev–Trinajstić information content (AvgIpc) is 3.45. The highest BCUT2D eigenvalue weighted by atomic mass is 19.1. The van der Waals surface area contributed by atoms with Gasteiger partial charge in [-0.3, -0.25) is 9.69 Å². The van der Waals surface area contributed by atoms with Gasteiger partial charge in [0.15, 0.2) is 0 Å². The van der Waals surface area contributed by atoms with E-state index in [4.69, 9.17) is 4.74 Å². The lowest BCUT2D eigenvalue weighted by Crippen LogP contribution is -2.55. The first kappa shape index (κ1) is 26.7. The Hall–Kier alpha value is -2.92. The first-order valence-corrected chi connectivity index (χ1v) is 13.9. The summed E-state index contributed by atoms with van der Waals surface area (Å²) in [4.78, 5) is 30.1. The van der Waals surface area contributed by atoms with Crippen molar-refractivity contribution in [3.05, 3.63) is 41.2 Å². The number of benzene rings is 1. The minimum atomic E-state index is -0.895. The molecule has 2 saturated heterocycles. The number of rotatable bonds is 5. The molecule has 1 spiro atoms. The molecule has 204 valence electrons. The summed E-state index contributed by atoms with van der Waals surface area (Å²) in [6, 6.07) is 5.73. The number of carbonyl (C=O) groups excluding carboxylic acids is 2. The van der Waals surface area contributed by atoms with Crippen molar-refractivity contribution in [3.8, 4) is 6.07 Å². The van der Waals surface area contributed by atoms with E-state index in [2.05, 4.69) is 29.4 Å². The van der Waals surface area contributed by atoms with Gasteiger partial charge in [0.25, 0.3) is 0 Å². The van der Waals surface area contributed by atoms with Crippen molar-refractivity contribution in [1.82, 2.24) is 15.1 Å². The minimum absolute atomic E-state index is 0.0226. The SMILES string of the molecule is CN1CCC2(C=C(c3ccc(C[C@@H](C#N)NC(=O)C4C5CCC(C5)N4C(=O)OC(C)(C)C)c(F)c3)C2)CC1. The number of nitrogens with zero attached hydrogens (tertiary/aromatic N) is 3. The predicted octanol–water partition coefficient (Wildman–Crippen LogP) is 4.66. The number of carbonyl (C=O) groups is 2. The smallest absolute Gasteiger partial charge is 0.411 e. The lowest BCUT2D eigenvalue weighted by Gasteiger charge is -2.45. The molecule has 2 heterocycles. The molecule has 0 aromatic heterocycles. The third kappa shape index (κ3) is 5.31. The van der Waals surface area contributed by atoms with Crippen LogP contribution in [0.15, 0.2) is 24.3 Å². The Morgan fingerprint density at radius 1 is 1.26 bits per heavy atom. The van der Waals surface area contributed by atoms with Gasteiger partial charge in [0.05, 0.1) is 6.07 Å². The molecule has 5 rings (SSSR count). The Morgan fingerprint density at radius 3 is 2.61 bits per heavy atom. The van der Waals surface area contributed by atoms with Gasteiger partial charge in [-0.25, -0.2) is 9.18 Å². The molecular weight excluding hydrogens is 483 g/mol. The molecule has 4 aliphatic rings. The van der Waals surface area contributed by atoms with Gasteiger partial charge in [-0.1, -0.05) is 18.2 Å². The van der Waals surface area contributed by atoms with Crippen LogP contribution in [-0.2, 0) is 16.0 Å². The van der Waals surface area contributed by atoms with Gasteiger partial charge in [-0.2, -0.15) is 5.26 Å². The second-order valence-corrected chi connectivity index (χ2v) is 12.8. The van der Waals surface area contributed by atoms with Gasteiger partial charge >= 0.3 is 6.09 Å². The Labute approximate surface area is 225 Å². The number of fused-ring (bicyclic) bond motifs is 2. The summed E-state index contributed by atoms with van der Waals surface area (Å²) in [5.74, 6) is -0.682. The van der Waals surface area contributed by atoms with Gasteiger partial charge < -0.3 is 15.0 Å². The summed E-state index contributed by atoms with van der Waals surface area (Å²) in [6.45, 7) is 7.59. The van der Waals surface area contributed by atoms with Gasteiger partial charge in [-0.15, -0.1) is 0 Å². The minimum Gasteiger partial charge on any atom is -0.444 e. The monoisotopic (exact) mass is 522 g/mol. The van der Waals surface area contributed by atoms with E-state index in [0.29, 0.717) is 5.56 Å². The van der Waals surface area contributed by atoms with Crippen molar-refractivity contribution in [2.45, 2.75) is 89.4 Å². The molecule has 2 aliphatic carbocycles. The fourth-order valence-corrected chi connectivity index (χ4v) is 6.71. The molecule has 3 unspecified atom stereocenters. The van der Waals surface area contributed by atoms with E-state index in [0.717, 1.165) is 57.2 Å². The Kier molecular flexibility index (Phi) is 7.02. The second-order valence-electron chi connectivity index (χ2n) is 12.8. The maximum Gasteiger partial charge on any atom is 0.411 e. The standard InChI is InChI=1S/C30H39FN4O3/c1-29(2,3)38-28(37)35-24-8-7-21(14-24)26(35)27(36)33-23(18-32)13-20-6-5-19(15-25(20)31)22-16-30(17-22)9-11-34(4)12-10-30/h5-6,15-16,21,23-24,26H,7-14,17H2,1-4H3,(H,33,36)/t21?,23-,24?,26?/m0/s1. The molecule has 38 heavy (non-hydrogen) atoms. The van der Waals surface area contributed by atoms with Crippen LogP contribution in [0.5, 0.6) is 0 Å². The van der Waals surface area contributed by atoms with Gasteiger partial charge in [0, 0.05) is 12.5 Å². The molecule has 2 amide bonds. The molecule has 0 radical (unpaired) electrons. The average molecular weight is 523 g/mol. The second kappa shape index (κ2) is 10.00.